The van der Waals surface area contributed by atoms with E-state index in [1.165, 1.54) is 0 Å². The number of anilines is 1. The summed E-state index contributed by atoms with van der Waals surface area (Å²) in [4.78, 5) is 15.5. The summed E-state index contributed by atoms with van der Waals surface area (Å²) >= 11 is 0.957. The lowest BCUT2D eigenvalue weighted by Gasteiger charge is -2.09. The number of hydrogen-bond acceptors (Lipinski definition) is 5. The maximum atomic E-state index is 12.3. The molecular formula is C14H13F3N2O3S. The van der Waals surface area contributed by atoms with E-state index >= 15 is 0 Å². The van der Waals surface area contributed by atoms with Crippen LogP contribution in [0.25, 0.3) is 16.3 Å². The van der Waals surface area contributed by atoms with E-state index in [4.69, 9.17) is 9.84 Å². The molecule has 9 heteroatoms. The maximum absolute atomic E-state index is 12.3. The first-order valence-corrected chi connectivity index (χ1v) is 7.33. The highest BCUT2D eigenvalue weighted by Gasteiger charge is 2.34. The number of ether oxygens (including phenoxy) is 1. The van der Waals surface area contributed by atoms with Gasteiger partial charge in [0.15, 0.2) is 0 Å². The number of allylic oxidation sites excluding steroid dienone is 1. The number of aromatic nitrogens is 1. The fourth-order valence-electron chi connectivity index (χ4n) is 1.64. The number of aliphatic hydroxyl groups excluding tert-OH is 1. The van der Waals surface area contributed by atoms with Crippen molar-refractivity contribution >= 4 is 39.4 Å². The average molecular weight is 346 g/mol. The van der Waals surface area contributed by atoms with Gasteiger partial charge in [-0.05, 0) is 32.0 Å². The van der Waals surface area contributed by atoms with Gasteiger partial charge in [-0.2, -0.15) is 13.2 Å². The number of carbonyl (C=O) groups is 1. The van der Waals surface area contributed by atoms with Crippen molar-refractivity contribution < 1.29 is 27.8 Å². The van der Waals surface area contributed by atoms with E-state index in [-0.39, 0.29) is 11.1 Å². The molecule has 124 valence electrons. The molecule has 1 amide bonds. The Morgan fingerprint density at radius 3 is 2.74 bits per heavy atom. The van der Waals surface area contributed by atoms with Gasteiger partial charge in [-0.25, -0.2) is 9.78 Å². The van der Waals surface area contributed by atoms with E-state index in [0.717, 1.165) is 11.3 Å². The maximum Gasteiger partial charge on any atom is 0.448 e. The Balaban J connectivity index is 2.23. The van der Waals surface area contributed by atoms with Gasteiger partial charge in [-0.15, -0.1) is 11.3 Å². The largest absolute Gasteiger partial charge is 0.504 e. The Hall–Kier alpha value is -2.29. The lowest BCUT2D eigenvalue weighted by atomic mass is 10.3. The summed E-state index contributed by atoms with van der Waals surface area (Å²) in [5.74, 6) is -1.71. The first-order chi connectivity index (χ1) is 10.6. The lowest BCUT2D eigenvalue weighted by molar-refractivity contribution is -0.119. The van der Waals surface area contributed by atoms with Gasteiger partial charge in [0, 0.05) is 11.8 Å². The Labute approximate surface area is 133 Å². The van der Waals surface area contributed by atoms with Crippen LogP contribution in [0, 0.1) is 0 Å². The highest BCUT2D eigenvalue weighted by Crippen LogP contribution is 2.30. The zero-order valence-corrected chi connectivity index (χ0v) is 13.0. The molecule has 0 unspecified atom stereocenters. The summed E-state index contributed by atoms with van der Waals surface area (Å²) in [6, 6.07) is 4.68. The highest BCUT2D eigenvalue weighted by atomic mass is 32.1. The molecule has 0 aliphatic carbocycles. The Morgan fingerprint density at radius 2 is 2.13 bits per heavy atom. The number of nitrogens with zero attached hydrogens (tertiary/aromatic N) is 1. The Morgan fingerprint density at radius 1 is 1.43 bits per heavy atom. The number of nitrogens with one attached hydrogen (secondary N) is 1. The summed E-state index contributed by atoms with van der Waals surface area (Å²) in [5.41, 5.74) is 0.890. The number of rotatable bonds is 3. The normalized spacial score (nSPS) is 12.7. The molecule has 0 bridgehead atoms. The van der Waals surface area contributed by atoms with Crippen LogP contribution in [0.15, 0.2) is 24.0 Å². The number of thiazole rings is 1. The van der Waals surface area contributed by atoms with Crippen LogP contribution in [-0.2, 0) is 4.74 Å². The number of benzene rings is 1. The molecule has 0 spiro atoms. The molecular weight excluding hydrogens is 333 g/mol. The van der Waals surface area contributed by atoms with Crippen LogP contribution in [0.3, 0.4) is 0 Å². The second-order valence-corrected chi connectivity index (χ2v) is 5.90. The Bertz CT molecular complexity index is 753. The summed E-state index contributed by atoms with van der Waals surface area (Å²) in [5, 5.41) is 11.5. The fraction of sp³-hybridized carbons (Fsp3) is 0.286. The minimum atomic E-state index is -4.81. The topological polar surface area (TPSA) is 71.5 Å². The molecule has 0 saturated carbocycles. The molecule has 0 radical (unpaired) electrons. The van der Waals surface area contributed by atoms with Gasteiger partial charge >= 0.3 is 12.3 Å². The van der Waals surface area contributed by atoms with Gasteiger partial charge in [0.05, 0.1) is 16.3 Å². The van der Waals surface area contributed by atoms with Crippen molar-refractivity contribution in [2.75, 3.05) is 5.32 Å². The number of fused-ring (bicyclic) bond motifs is 1. The zero-order valence-electron chi connectivity index (χ0n) is 12.1. The molecule has 0 saturated heterocycles. The van der Waals surface area contributed by atoms with Crippen LogP contribution >= 0.6 is 11.3 Å². The fourth-order valence-corrected chi connectivity index (χ4v) is 2.59. The molecule has 0 fully saturated rings. The van der Waals surface area contributed by atoms with E-state index < -0.39 is 18.0 Å². The van der Waals surface area contributed by atoms with E-state index in [1.807, 2.05) is 0 Å². The molecule has 0 atom stereocenters. The third-order valence-corrected chi connectivity index (χ3v) is 3.51. The van der Waals surface area contributed by atoms with Crippen molar-refractivity contribution in [3.05, 3.63) is 29.0 Å². The van der Waals surface area contributed by atoms with Crippen molar-refractivity contribution in [2.45, 2.75) is 26.1 Å². The molecule has 1 aromatic heterocycles. The third kappa shape index (κ3) is 4.59. The smallest absolute Gasteiger partial charge is 0.448 e. The number of aliphatic hydroxyl groups is 1. The van der Waals surface area contributed by atoms with Crippen LogP contribution in [-0.4, -0.2) is 28.5 Å². The standard InChI is InChI=1S/C14H13F3N2O3S/c1-7(2)22-13(21)18-8-3-4-9-10(5-8)23-12(19-9)6-11(20)14(15,16)17/h3-7,20H,1-2H3,(H,18,21)/b11-6-. The zero-order chi connectivity index (χ0) is 17.2. The molecule has 0 aliphatic heterocycles. The summed E-state index contributed by atoms with van der Waals surface area (Å²) in [7, 11) is 0. The van der Waals surface area contributed by atoms with Gasteiger partial charge in [-0.3, -0.25) is 5.32 Å². The number of carbonyl (C=O) groups excluding carboxylic acids is 1. The number of alkyl halides is 3. The van der Waals surface area contributed by atoms with Crippen molar-refractivity contribution in [3.8, 4) is 0 Å². The van der Waals surface area contributed by atoms with Crippen molar-refractivity contribution in [1.82, 2.24) is 4.98 Å². The molecule has 2 rings (SSSR count). The average Bonchev–Trinajstić information content (AvgIpc) is 2.77. The molecule has 2 N–H and O–H groups in total. The monoisotopic (exact) mass is 346 g/mol. The van der Waals surface area contributed by atoms with Crippen LogP contribution < -0.4 is 5.32 Å². The minimum Gasteiger partial charge on any atom is -0.504 e. The van der Waals surface area contributed by atoms with Gasteiger partial charge in [-0.1, -0.05) is 0 Å². The van der Waals surface area contributed by atoms with Crippen molar-refractivity contribution in [1.29, 1.82) is 0 Å². The van der Waals surface area contributed by atoms with Crippen LogP contribution in [0.2, 0.25) is 0 Å². The molecule has 1 aromatic carbocycles. The van der Waals surface area contributed by atoms with Crippen LogP contribution in [0.1, 0.15) is 18.9 Å². The second-order valence-electron chi connectivity index (χ2n) is 4.84. The minimum absolute atomic E-state index is 0.0109. The first kappa shape index (κ1) is 17.1. The van der Waals surface area contributed by atoms with Crippen LogP contribution in [0.5, 0.6) is 0 Å². The summed E-state index contributed by atoms with van der Waals surface area (Å²) < 4.78 is 42.4. The molecule has 23 heavy (non-hydrogen) atoms. The van der Waals surface area contributed by atoms with E-state index in [1.54, 1.807) is 32.0 Å². The molecule has 5 nitrogen and oxygen atoms in total. The van der Waals surface area contributed by atoms with Gasteiger partial charge in [0.2, 0.25) is 5.76 Å². The Kier molecular flexibility index (Phi) is 4.79. The predicted octanol–water partition coefficient (Wildman–Crippen LogP) is 4.71. The number of hydrogen-bond donors (Lipinski definition) is 2. The molecule has 2 aromatic rings. The number of amides is 1. The van der Waals surface area contributed by atoms with E-state index in [2.05, 4.69) is 10.3 Å². The first-order valence-electron chi connectivity index (χ1n) is 6.51. The molecule has 1 heterocycles. The van der Waals surface area contributed by atoms with E-state index in [0.29, 0.717) is 22.0 Å². The van der Waals surface area contributed by atoms with Gasteiger partial charge < -0.3 is 9.84 Å². The molecule has 0 aliphatic rings. The quantitative estimate of drug-likeness (QED) is 0.789. The summed E-state index contributed by atoms with van der Waals surface area (Å²) in [6.07, 6.45) is -5.15. The summed E-state index contributed by atoms with van der Waals surface area (Å²) in [6.45, 7) is 3.41. The number of halogens is 3. The van der Waals surface area contributed by atoms with Crippen molar-refractivity contribution in [2.24, 2.45) is 0 Å². The van der Waals surface area contributed by atoms with Crippen molar-refractivity contribution in [3.63, 3.8) is 0 Å². The van der Waals surface area contributed by atoms with Crippen LogP contribution in [0.4, 0.5) is 23.7 Å². The third-order valence-electron chi connectivity index (χ3n) is 2.54. The predicted molar refractivity (Wildman–Crippen MR) is 81.5 cm³/mol. The highest BCUT2D eigenvalue weighted by molar-refractivity contribution is 7.19. The van der Waals surface area contributed by atoms with Gasteiger partial charge in [0.25, 0.3) is 0 Å². The SMILES string of the molecule is CC(C)OC(=O)Nc1ccc2nc(/C=C(\O)C(F)(F)F)sc2c1. The second kappa shape index (κ2) is 6.45. The van der Waals surface area contributed by atoms with E-state index in [9.17, 15) is 18.0 Å². The lowest BCUT2D eigenvalue weighted by Crippen LogP contribution is -2.17. The van der Waals surface area contributed by atoms with Gasteiger partial charge in [0.1, 0.15) is 5.01 Å².